The van der Waals surface area contributed by atoms with Crippen molar-refractivity contribution in [3.05, 3.63) is 24.0 Å². The Morgan fingerprint density at radius 1 is 1.45 bits per heavy atom. The predicted octanol–water partition coefficient (Wildman–Crippen LogP) is 0.712. The minimum absolute atomic E-state index is 0.0126. The summed E-state index contributed by atoms with van der Waals surface area (Å²) in [6, 6.07) is 2.77. The van der Waals surface area contributed by atoms with Gasteiger partial charge in [-0.05, 0) is 13.0 Å². The lowest BCUT2D eigenvalue weighted by Gasteiger charge is -1.98. The second-order valence-electron chi connectivity index (χ2n) is 3.79. The van der Waals surface area contributed by atoms with Crippen molar-refractivity contribution in [2.45, 2.75) is 12.1 Å². The predicted molar refractivity (Wildman–Crippen MR) is 66.6 cm³/mol. The molecule has 0 spiro atoms. The van der Waals surface area contributed by atoms with Crippen LogP contribution in [-0.2, 0) is 14.6 Å². The fourth-order valence-corrected chi connectivity index (χ4v) is 1.87. The number of rotatable bonds is 4. The summed E-state index contributed by atoms with van der Waals surface area (Å²) in [7, 11) is -3.53. The van der Waals surface area contributed by atoms with Gasteiger partial charge in [0.25, 0.3) is 0 Å². The molecule has 0 saturated heterocycles. The summed E-state index contributed by atoms with van der Waals surface area (Å²) in [6.45, 7) is 1.88. The zero-order chi connectivity index (χ0) is 14.8. The van der Waals surface area contributed by atoms with Gasteiger partial charge in [0.05, 0.1) is 6.61 Å². The zero-order valence-corrected chi connectivity index (χ0v) is 11.5. The molecule has 2 aromatic heterocycles. The third kappa shape index (κ3) is 2.99. The van der Waals surface area contributed by atoms with E-state index in [0.717, 1.165) is 6.26 Å². The number of hydrogen-bond acceptors (Lipinski definition) is 8. The van der Waals surface area contributed by atoms with Crippen molar-refractivity contribution >= 4 is 15.8 Å². The van der Waals surface area contributed by atoms with Crippen LogP contribution in [0, 0.1) is 0 Å². The van der Waals surface area contributed by atoms with Gasteiger partial charge in [-0.3, -0.25) is 0 Å². The summed E-state index contributed by atoms with van der Waals surface area (Å²) >= 11 is 0. The molecule has 0 N–H and O–H groups in total. The number of nitrogens with zero attached hydrogens (tertiary/aromatic N) is 3. The van der Waals surface area contributed by atoms with Crippen LogP contribution in [-0.4, -0.2) is 42.4 Å². The minimum atomic E-state index is -3.53. The Kier molecular flexibility index (Phi) is 3.79. The van der Waals surface area contributed by atoms with Crippen LogP contribution in [0.2, 0.25) is 0 Å². The molecule has 8 nitrogen and oxygen atoms in total. The van der Waals surface area contributed by atoms with Crippen molar-refractivity contribution in [2.24, 2.45) is 0 Å². The highest BCUT2D eigenvalue weighted by Crippen LogP contribution is 2.19. The molecule has 2 aromatic rings. The number of aromatic nitrogens is 3. The average Bonchev–Trinajstić information content (AvgIpc) is 2.88. The van der Waals surface area contributed by atoms with Gasteiger partial charge in [0.15, 0.2) is 11.5 Å². The van der Waals surface area contributed by atoms with Crippen LogP contribution in [0.3, 0.4) is 0 Å². The third-order valence-electron chi connectivity index (χ3n) is 2.21. The maximum absolute atomic E-state index is 11.4. The molecule has 0 atom stereocenters. The molecule has 0 unspecified atom stereocenters. The van der Waals surface area contributed by atoms with Gasteiger partial charge in [-0.25, -0.2) is 23.2 Å². The van der Waals surface area contributed by atoms with E-state index in [1.54, 1.807) is 6.92 Å². The molecule has 0 aromatic carbocycles. The highest BCUT2D eigenvalue weighted by molar-refractivity contribution is 7.90. The standard InChI is InChI=1S/C11H11N3O5S/c1-3-18-10(15)8-6-9(19-14-8)7-4-5-12-11(13-7)20(2,16)17/h4-6H,3H2,1-2H3. The van der Waals surface area contributed by atoms with Gasteiger partial charge in [0.1, 0.15) is 5.69 Å². The first-order chi connectivity index (χ1) is 9.41. The van der Waals surface area contributed by atoms with Crippen molar-refractivity contribution in [3.63, 3.8) is 0 Å². The van der Waals surface area contributed by atoms with Crippen LogP contribution >= 0.6 is 0 Å². The van der Waals surface area contributed by atoms with Gasteiger partial charge < -0.3 is 9.26 Å². The zero-order valence-electron chi connectivity index (χ0n) is 10.7. The fourth-order valence-electron chi connectivity index (χ4n) is 1.35. The summed E-state index contributed by atoms with van der Waals surface area (Å²) in [6.07, 6.45) is 2.28. The van der Waals surface area contributed by atoms with Crippen LogP contribution in [0.1, 0.15) is 17.4 Å². The Hall–Kier alpha value is -2.29. The lowest BCUT2D eigenvalue weighted by atomic mass is 10.3. The quantitative estimate of drug-likeness (QED) is 0.599. The first-order valence-corrected chi connectivity index (χ1v) is 7.48. The van der Waals surface area contributed by atoms with Crippen LogP contribution in [0.15, 0.2) is 28.0 Å². The van der Waals surface area contributed by atoms with Crippen molar-refractivity contribution in [1.82, 2.24) is 15.1 Å². The molecule has 9 heteroatoms. The number of carbonyl (C=O) groups excluding carboxylic acids is 1. The minimum Gasteiger partial charge on any atom is -0.461 e. The molecule has 0 aliphatic carbocycles. The lowest BCUT2D eigenvalue weighted by molar-refractivity contribution is 0.0514. The van der Waals surface area contributed by atoms with Crippen molar-refractivity contribution in [1.29, 1.82) is 0 Å². The van der Waals surface area contributed by atoms with Crippen molar-refractivity contribution < 1.29 is 22.5 Å². The first-order valence-electron chi connectivity index (χ1n) is 5.59. The number of ether oxygens (including phenoxy) is 1. The molecule has 0 amide bonds. The molecule has 0 aliphatic heterocycles. The molecule has 2 heterocycles. The molecular weight excluding hydrogens is 286 g/mol. The summed E-state index contributed by atoms with van der Waals surface area (Å²) in [5.74, 6) is -0.472. The monoisotopic (exact) mass is 297 g/mol. The second-order valence-corrected chi connectivity index (χ2v) is 5.70. The molecule has 0 aliphatic rings. The number of sulfone groups is 1. The van der Waals surface area contributed by atoms with E-state index in [9.17, 15) is 13.2 Å². The van der Waals surface area contributed by atoms with Gasteiger partial charge in [-0.2, -0.15) is 0 Å². The first kappa shape index (κ1) is 14.1. The average molecular weight is 297 g/mol. The second kappa shape index (κ2) is 5.37. The molecule has 2 rings (SSSR count). The molecule has 0 saturated carbocycles. The highest BCUT2D eigenvalue weighted by Gasteiger charge is 2.17. The van der Waals surface area contributed by atoms with Crippen molar-refractivity contribution in [2.75, 3.05) is 12.9 Å². The molecule has 0 fully saturated rings. The van der Waals surface area contributed by atoms with Crippen LogP contribution in [0.4, 0.5) is 0 Å². The van der Waals surface area contributed by atoms with E-state index in [1.165, 1.54) is 18.3 Å². The van der Waals surface area contributed by atoms with Crippen LogP contribution < -0.4 is 0 Å². The smallest absolute Gasteiger partial charge is 0.360 e. The van der Waals surface area contributed by atoms with E-state index in [2.05, 4.69) is 15.1 Å². The Morgan fingerprint density at radius 3 is 2.85 bits per heavy atom. The van der Waals surface area contributed by atoms with Crippen LogP contribution in [0.25, 0.3) is 11.5 Å². The fraction of sp³-hybridized carbons (Fsp3) is 0.273. The highest BCUT2D eigenvalue weighted by atomic mass is 32.2. The normalized spacial score (nSPS) is 11.3. The van der Waals surface area contributed by atoms with E-state index in [0.29, 0.717) is 0 Å². The summed E-state index contributed by atoms with van der Waals surface area (Å²) in [5, 5.41) is 3.21. The Balaban J connectivity index is 2.36. The number of esters is 1. The number of carbonyl (C=O) groups is 1. The van der Waals surface area contributed by atoms with E-state index in [-0.39, 0.29) is 28.9 Å². The Bertz CT molecular complexity index is 738. The van der Waals surface area contributed by atoms with Gasteiger partial charge >= 0.3 is 5.97 Å². The maximum Gasteiger partial charge on any atom is 0.360 e. The van der Waals surface area contributed by atoms with Gasteiger partial charge in [-0.15, -0.1) is 0 Å². The van der Waals surface area contributed by atoms with Gasteiger partial charge in [-0.1, -0.05) is 5.16 Å². The van der Waals surface area contributed by atoms with E-state index >= 15 is 0 Å². The number of hydrogen-bond donors (Lipinski definition) is 0. The molecule has 0 bridgehead atoms. The molecular formula is C11H11N3O5S. The van der Waals surface area contributed by atoms with Gasteiger partial charge in [0, 0.05) is 18.5 Å². The summed E-state index contributed by atoms with van der Waals surface area (Å²) < 4.78 is 32.5. The molecule has 106 valence electrons. The largest absolute Gasteiger partial charge is 0.461 e. The molecule has 20 heavy (non-hydrogen) atoms. The Labute approximate surface area is 114 Å². The lowest BCUT2D eigenvalue weighted by Crippen LogP contribution is -2.04. The molecule has 0 radical (unpaired) electrons. The summed E-state index contributed by atoms with van der Waals surface area (Å²) in [5.41, 5.74) is 0.199. The van der Waals surface area contributed by atoms with E-state index in [1.807, 2.05) is 0 Å². The Morgan fingerprint density at radius 2 is 2.20 bits per heavy atom. The summed E-state index contributed by atoms with van der Waals surface area (Å²) in [4.78, 5) is 18.9. The van der Waals surface area contributed by atoms with Crippen LogP contribution in [0.5, 0.6) is 0 Å². The maximum atomic E-state index is 11.4. The van der Waals surface area contributed by atoms with Gasteiger partial charge in [0.2, 0.25) is 15.0 Å². The van der Waals surface area contributed by atoms with E-state index in [4.69, 9.17) is 9.26 Å². The topological polar surface area (TPSA) is 112 Å². The van der Waals surface area contributed by atoms with Crippen molar-refractivity contribution in [3.8, 4) is 11.5 Å². The third-order valence-corrected chi connectivity index (χ3v) is 3.07. The SMILES string of the molecule is CCOC(=O)c1cc(-c2ccnc(S(C)(=O)=O)n2)on1. The van der Waals surface area contributed by atoms with E-state index < -0.39 is 15.8 Å².